The Balaban J connectivity index is 2.06. The molecule has 0 saturated heterocycles. The van der Waals surface area contributed by atoms with Crippen LogP contribution in [0.4, 0.5) is 0 Å². The highest BCUT2D eigenvalue weighted by atomic mass is 32.1. The summed E-state index contributed by atoms with van der Waals surface area (Å²) in [5, 5.41) is 9.06. The second kappa shape index (κ2) is 8.03. The molecule has 2 aromatic rings. The van der Waals surface area contributed by atoms with Crippen molar-refractivity contribution in [2.45, 2.75) is 25.9 Å². The van der Waals surface area contributed by atoms with Gasteiger partial charge in [-0.25, -0.2) is 4.68 Å². The van der Waals surface area contributed by atoms with Gasteiger partial charge in [0.2, 0.25) is 0 Å². The monoisotopic (exact) mass is 334 g/mol. The van der Waals surface area contributed by atoms with Gasteiger partial charge in [-0.2, -0.15) is 5.10 Å². The zero-order valence-corrected chi connectivity index (χ0v) is 14.5. The van der Waals surface area contributed by atoms with Crippen molar-refractivity contribution < 1.29 is 4.79 Å². The lowest BCUT2D eigenvalue weighted by Gasteiger charge is -2.23. The van der Waals surface area contributed by atoms with Gasteiger partial charge < -0.3 is 10.2 Å². The molecule has 7 heteroatoms. The molecule has 0 aliphatic rings. The number of aryl methyl sites for hydroxylation is 1. The number of amides is 1. The molecule has 0 aromatic carbocycles. The Hall–Kier alpha value is -1.99. The summed E-state index contributed by atoms with van der Waals surface area (Å²) in [7, 11) is 3.96. The first-order valence-corrected chi connectivity index (χ1v) is 8.47. The van der Waals surface area contributed by atoms with Gasteiger partial charge in [-0.1, -0.05) is 13.0 Å². The first kappa shape index (κ1) is 17.4. The Kier molecular flexibility index (Phi) is 6.06. The smallest absolute Gasteiger partial charge is 0.271 e. The largest absolute Gasteiger partial charge is 0.349 e. The van der Waals surface area contributed by atoms with Gasteiger partial charge in [0, 0.05) is 24.0 Å². The van der Waals surface area contributed by atoms with Gasteiger partial charge in [0.1, 0.15) is 5.69 Å². The highest BCUT2D eigenvalue weighted by molar-refractivity contribution is 7.10. The Morgan fingerprint density at radius 1 is 1.39 bits per heavy atom. The van der Waals surface area contributed by atoms with Gasteiger partial charge in [-0.3, -0.25) is 9.59 Å². The molecule has 0 saturated carbocycles. The molecule has 1 N–H and O–H groups in total. The third-order valence-corrected chi connectivity index (χ3v) is 4.46. The fourth-order valence-corrected chi connectivity index (χ4v) is 3.16. The average Bonchev–Trinajstić information content (AvgIpc) is 3.03. The van der Waals surface area contributed by atoms with E-state index in [0.29, 0.717) is 13.1 Å². The van der Waals surface area contributed by atoms with E-state index in [4.69, 9.17) is 0 Å². The molecular weight excluding hydrogens is 312 g/mol. The number of hydrogen-bond acceptors (Lipinski definition) is 5. The van der Waals surface area contributed by atoms with E-state index in [1.54, 1.807) is 11.3 Å². The average molecular weight is 334 g/mol. The van der Waals surface area contributed by atoms with Crippen LogP contribution in [0.2, 0.25) is 0 Å². The number of nitrogens with zero attached hydrogens (tertiary/aromatic N) is 3. The molecule has 0 aliphatic heterocycles. The van der Waals surface area contributed by atoms with Crippen LogP contribution in [0, 0.1) is 0 Å². The van der Waals surface area contributed by atoms with Gasteiger partial charge in [0.15, 0.2) is 0 Å². The van der Waals surface area contributed by atoms with Crippen LogP contribution >= 0.6 is 11.3 Å². The standard InChI is InChI=1S/C16H22N4O2S/c1-4-9-20-15(21)8-7-12(18-20)16(22)17-11-13(19(2)3)14-6-5-10-23-14/h5-8,10,13H,4,9,11H2,1-3H3,(H,17,22). The van der Waals surface area contributed by atoms with E-state index in [1.807, 2.05) is 32.5 Å². The van der Waals surface area contributed by atoms with Gasteiger partial charge in [0.05, 0.1) is 6.04 Å². The molecule has 2 rings (SSSR count). The molecule has 6 nitrogen and oxygen atoms in total. The molecule has 1 atom stereocenters. The Labute approximate surface area is 139 Å². The molecule has 0 fully saturated rings. The van der Waals surface area contributed by atoms with E-state index in [-0.39, 0.29) is 23.2 Å². The lowest BCUT2D eigenvalue weighted by molar-refractivity contribution is 0.0934. The lowest BCUT2D eigenvalue weighted by atomic mass is 10.2. The maximum Gasteiger partial charge on any atom is 0.271 e. The minimum absolute atomic E-state index is 0.112. The number of rotatable bonds is 7. The van der Waals surface area contributed by atoms with Crippen LogP contribution in [-0.2, 0) is 6.54 Å². The number of thiophene rings is 1. The lowest BCUT2D eigenvalue weighted by Crippen LogP contribution is -2.35. The number of aromatic nitrogens is 2. The van der Waals surface area contributed by atoms with Gasteiger partial charge in [0.25, 0.3) is 11.5 Å². The van der Waals surface area contributed by atoms with Gasteiger partial charge in [-0.05, 0) is 38.0 Å². The van der Waals surface area contributed by atoms with E-state index < -0.39 is 0 Å². The quantitative estimate of drug-likeness (QED) is 0.838. The maximum absolute atomic E-state index is 12.3. The predicted octanol–water partition coefficient (Wildman–Crippen LogP) is 1.75. The molecule has 0 bridgehead atoms. The van der Waals surface area contributed by atoms with Crippen molar-refractivity contribution in [3.05, 3.63) is 50.6 Å². The number of hydrogen-bond donors (Lipinski definition) is 1. The minimum Gasteiger partial charge on any atom is -0.349 e. The van der Waals surface area contributed by atoms with Crippen molar-refractivity contribution in [3.63, 3.8) is 0 Å². The summed E-state index contributed by atoms with van der Waals surface area (Å²) in [5.41, 5.74) is 0.0786. The summed E-state index contributed by atoms with van der Waals surface area (Å²) in [4.78, 5) is 27.2. The zero-order valence-electron chi connectivity index (χ0n) is 13.7. The van der Waals surface area contributed by atoms with Crippen LogP contribution < -0.4 is 10.9 Å². The third kappa shape index (κ3) is 4.49. The topological polar surface area (TPSA) is 67.2 Å². The third-order valence-electron chi connectivity index (χ3n) is 3.49. The maximum atomic E-state index is 12.3. The molecule has 0 spiro atoms. The van der Waals surface area contributed by atoms with Crippen LogP contribution in [0.25, 0.3) is 0 Å². The summed E-state index contributed by atoms with van der Waals surface area (Å²) < 4.78 is 1.33. The van der Waals surface area contributed by atoms with Crippen LogP contribution in [-0.4, -0.2) is 41.2 Å². The Morgan fingerprint density at radius 3 is 2.78 bits per heavy atom. The van der Waals surface area contributed by atoms with Crippen molar-refractivity contribution in [3.8, 4) is 0 Å². The first-order valence-electron chi connectivity index (χ1n) is 7.59. The van der Waals surface area contributed by atoms with Crippen molar-refractivity contribution >= 4 is 17.2 Å². The zero-order chi connectivity index (χ0) is 16.8. The molecule has 0 aliphatic carbocycles. The van der Waals surface area contributed by atoms with E-state index in [2.05, 4.69) is 21.4 Å². The normalized spacial score (nSPS) is 12.3. The van der Waals surface area contributed by atoms with E-state index >= 15 is 0 Å². The highest BCUT2D eigenvalue weighted by Crippen LogP contribution is 2.22. The van der Waals surface area contributed by atoms with Crippen molar-refractivity contribution in [2.75, 3.05) is 20.6 Å². The van der Waals surface area contributed by atoms with Crippen LogP contribution in [0.5, 0.6) is 0 Å². The predicted molar refractivity (Wildman–Crippen MR) is 91.9 cm³/mol. The van der Waals surface area contributed by atoms with Crippen molar-refractivity contribution in [1.29, 1.82) is 0 Å². The molecule has 2 aromatic heterocycles. The van der Waals surface area contributed by atoms with Crippen molar-refractivity contribution in [1.82, 2.24) is 20.0 Å². The second-order valence-electron chi connectivity index (χ2n) is 5.48. The molecule has 2 heterocycles. The van der Waals surface area contributed by atoms with Crippen LogP contribution in [0.15, 0.2) is 34.4 Å². The molecule has 124 valence electrons. The summed E-state index contributed by atoms with van der Waals surface area (Å²) >= 11 is 1.66. The fraction of sp³-hybridized carbons (Fsp3) is 0.438. The molecule has 1 amide bonds. The van der Waals surface area contributed by atoms with E-state index in [1.165, 1.54) is 21.7 Å². The summed E-state index contributed by atoms with van der Waals surface area (Å²) in [6.45, 7) is 2.96. The fourth-order valence-electron chi connectivity index (χ4n) is 2.24. The number of likely N-dealkylation sites (N-methyl/N-ethyl adjacent to an activating group) is 1. The minimum atomic E-state index is -0.266. The van der Waals surface area contributed by atoms with Crippen molar-refractivity contribution in [2.24, 2.45) is 0 Å². The van der Waals surface area contributed by atoms with Crippen LogP contribution in [0.1, 0.15) is 34.8 Å². The van der Waals surface area contributed by atoms with E-state index in [0.717, 1.165) is 6.42 Å². The summed E-state index contributed by atoms with van der Waals surface area (Å²) in [5.74, 6) is -0.266. The molecule has 23 heavy (non-hydrogen) atoms. The number of carbonyl (C=O) groups excluding carboxylic acids is 1. The number of nitrogens with one attached hydrogen (secondary N) is 1. The summed E-state index contributed by atoms with van der Waals surface area (Å²) in [6, 6.07) is 7.03. The van der Waals surface area contributed by atoms with Gasteiger partial charge >= 0.3 is 0 Å². The molecule has 0 radical (unpaired) electrons. The Morgan fingerprint density at radius 2 is 2.17 bits per heavy atom. The van der Waals surface area contributed by atoms with Gasteiger partial charge in [-0.15, -0.1) is 11.3 Å². The summed E-state index contributed by atoms with van der Waals surface area (Å²) in [6.07, 6.45) is 0.791. The second-order valence-corrected chi connectivity index (χ2v) is 6.46. The number of carbonyl (C=O) groups is 1. The van der Waals surface area contributed by atoms with Crippen LogP contribution in [0.3, 0.4) is 0 Å². The first-order chi connectivity index (χ1) is 11.0. The Bertz CT molecular complexity index is 694. The van der Waals surface area contributed by atoms with E-state index in [9.17, 15) is 9.59 Å². The highest BCUT2D eigenvalue weighted by Gasteiger charge is 2.17. The SMILES string of the molecule is CCCn1nc(C(=O)NCC(c2cccs2)N(C)C)ccc1=O. The molecule has 1 unspecified atom stereocenters. The molecular formula is C16H22N4O2S.